The summed E-state index contributed by atoms with van der Waals surface area (Å²) < 4.78 is 5.01. The summed E-state index contributed by atoms with van der Waals surface area (Å²) in [4.78, 5) is 14.0. The lowest BCUT2D eigenvalue weighted by Crippen LogP contribution is -2.32. The first kappa shape index (κ1) is 19.4. The molecule has 1 heterocycles. The first-order valence-electron chi connectivity index (χ1n) is 9.98. The quantitative estimate of drug-likeness (QED) is 0.654. The van der Waals surface area contributed by atoms with Gasteiger partial charge in [-0.15, -0.1) is 0 Å². The van der Waals surface area contributed by atoms with E-state index in [1.165, 1.54) is 22.3 Å². The summed E-state index contributed by atoms with van der Waals surface area (Å²) in [6.45, 7) is 5.41. The van der Waals surface area contributed by atoms with E-state index < -0.39 is 0 Å². The zero-order chi connectivity index (χ0) is 18.9. The summed E-state index contributed by atoms with van der Waals surface area (Å²) >= 11 is 0. The topological polar surface area (TPSA) is 29.5 Å². The van der Waals surface area contributed by atoms with Crippen molar-refractivity contribution in [1.29, 1.82) is 0 Å². The molecule has 0 saturated carbocycles. The molecule has 3 heteroatoms. The first-order chi connectivity index (χ1) is 13.3. The van der Waals surface area contributed by atoms with Gasteiger partial charge in [-0.25, -0.2) is 0 Å². The zero-order valence-electron chi connectivity index (χ0n) is 16.2. The average Bonchev–Trinajstić information content (AvgIpc) is 2.71. The van der Waals surface area contributed by atoms with Crippen LogP contribution in [0.15, 0.2) is 66.2 Å². The van der Waals surface area contributed by atoms with Crippen LogP contribution < -0.4 is 0 Å². The number of piperidine rings is 1. The fraction of sp³-hybridized carbons (Fsp3) is 0.375. The first-order valence-corrected chi connectivity index (χ1v) is 9.98. The molecule has 0 N–H and O–H groups in total. The highest BCUT2D eigenvalue weighted by Crippen LogP contribution is 2.32. The van der Waals surface area contributed by atoms with Crippen LogP contribution in [0.4, 0.5) is 0 Å². The standard InChI is InChI=1S/C24H29NO2/c1-2-27-23(26)14-9-17-25-18-15-22(16-19-25)24(20-10-5-3-6-11-20)21-12-7-4-8-13-21/h3-8,10-13H,2,9,14-19H2,1H3. The molecular weight excluding hydrogens is 334 g/mol. The lowest BCUT2D eigenvalue weighted by Gasteiger charge is -2.30. The van der Waals surface area contributed by atoms with Gasteiger partial charge in [0.2, 0.25) is 0 Å². The molecule has 0 amide bonds. The molecule has 0 unspecified atom stereocenters. The van der Waals surface area contributed by atoms with Gasteiger partial charge in [0.15, 0.2) is 0 Å². The minimum atomic E-state index is -0.0782. The summed E-state index contributed by atoms with van der Waals surface area (Å²) in [5.41, 5.74) is 5.53. The van der Waals surface area contributed by atoms with Gasteiger partial charge >= 0.3 is 5.97 Å². The van der Waals surface area contributed by atoms with Gasteiger partial charge in [0.25, 0.3) is 0 Å². The molecule has 0 bridgehead atoms. The Bertz CT molecular complexity index is 701. The molecule has 142 valence electrons. The van der Waals surface area contributed by atoms with Crippen LogP contribution in [0.1, 0.15) is 43.7 Å². The molecule has 1 aliphatic rings. The Morgan fingerprint density at radius 1 is 0.926 bits per heavy atom. The van der Waals surface area contributed by atoms with Crippen LogP contribution in [-0.2, 0) is 9.53 Å². The zero-order valence-corrected chi connectivity index (χ0v) is 16.2. The maximum absolute atomic E-state index is 11.5. The summed E-state index contributed by atoms with van der Waals surface area (Å²) in [6, 6.07) is 21.4. The molecule has 0 radical (unpaired) electrons. The predicted octanol–water partition coefficient (Wildman–Crippen LogP) is 4.93. The molecule has 1 fully saturated rings. The average molecular weight is 364 g/mol. The fourth-order valence-electron chi connectivity index (χ4n) is 3.76. The van der Waals surface area contributed by atoms with Crippen LogP contribution in [0.25, 0.3) is 5.57 Å². The number of hydrogen-bond donors (Lipinski definition) is 0. The van der Waals surface area contributed by atoms with Gasteiger partial charge in [0.1, 0.15) is 0 Å². The van der Waals surface area contributed by atoms with E-state index in [1.54, 1.807) is 0 Å². The number of hydrogen-bond acceptors (Lipinski definition) is 3. The molecule has 0 atom stereocenters. The van der Waals surface area contributed by atoms with Crippen molar-refractivity contribution in [3.63, 3.8) is 0 Å². The summed E-state index contributed by atoms with van der Waals surface area (Å²) in [7, 11) is 0. The lowest BCUT2D eigenvalue weighted by atomic mass is 9.88. The third-order valence-corrected chi connectivity index (χ3v) is 5.10. The minimum Gasteiger partial charge on any atom is -0.466 e. The van der Waals surface area contributed by atoms with E-state index in [4.69, 9.17) is 4.74 Å². The highest BCUT2D eigenvalue weighted by Gasteiger charge is 2.19. The number of nitrogens with zero attached hydrogens (tertiary/aromatic N) is 1. The Hall–Kier alpha value is -2.39. The Kier molecular flexibility index (Phi) is 7.23. The molecule has 1 aliphatic heterocycles. The van der Waals surface area contributed by atoms with Crippen LogP contribution in [0.5, 0.6) is 0 Å². The van der Waals surface area contributed by atoms with Gasteiger partial charge in [-0.1, -0.05) is 66.2 Å². The number of carbonyl (C=O) groups excluding carboxylic acids is 1. The van der Waals surface area contributed by atoms with E-state index in [-0.39, 0.29) is 5.97 Å². The molecule has 2 aromatic rings. The summed E-state index contributed by atoms with van der Waals surface area (Å²) in [5.74, 6) is -0.0782. The van der Waals surface area contributed by atoms with Gasteiger partial charge in [-0.05, 0) is 49.4 Å². The van der Waals surface area contributed by atoms with E-state index in [0.29, 0.717) is 13.0 Å². The van der Waals surface area contributed by atoms with Crippen LogP contribution >= 0.6 is 0 Å². The summed E-state index contributed by atoms with van der Waals surface area (Å²) in [5, 5.41) is 0. The maximum atomic E-state index is 11.5. The Labute approximate surface area is 162 Å². The highest BCUT2D eigenvalue weighted by molar-refractivity contribution is 5.82. The van der Waals surface area contributed by atoms with Crippen LogP contribution in [-0.4, -0.2) is 37.1 Å². The second-order valence-corrected chi connectivity index (χ2v) is 6.96. The van der Waals surface area contributed by atoms with Crippen molar-refractivity contribution in [2.75, 3.05) is 26.2 Å². The minimum absolute atomic E-state index is 0.0782. The number of benzene rings is 2. The number of rotatable bonds is 7. The molecule has 0 spiro atoms. The normalized spacial score (nSPS) is 14.8. The van der Waals surface area contributed by atoms with Crippen LogP contribution in [0.3, 0.4) is 0 Å². The second-order valence-electron chi connectivity index (χ2n) is 6.96. The number of ether oxygens (including phenoxy) is 1. The van der Waals surface area contributed by atoms with E-state index in [2.05, 4.69) is 65.6 Å². The van der Waals surface area contributed by atoms with E-state index in [1.807, 2.05) is 6.92 Å². The van der Waals surface area contributed by atoms with Crippen LogP contribution in [0, 0.1) is 0 Å². The van der Waals surface area contributed by atoms with Gasteiger partial charge in [0, 0.05) is 19.5 Å². The molecule has 2 aromatic carbocycles. The molecule has 0 aliphatic carbocycles. The molecule has 0 aromatic heterocycles. The predicted molar refractivity (Wildman–Crippen MR) is 110 cm³/mol. The maximum Gasteiger partial charge on any atom is 0.305 e. The fourth-order valence-corrected chi connectivity index (χ4v) is 3.76. The van der Waals surface area contributed by atoms with Crippen molar-refractivity contribution >= 4 is 11.5 Å². The third kappa shape index (κ3) is 5.54. The molecule has 27 heavy (non-hydrogen) atoms. The largest absolute Gasteiger partial charge is 0.466 e. The van der Waals surface area contributed by atoms with E-state index in [9.17, 15) is 4.79 Å². The van der Waals surface area contributed by atoms with Crippen molar-refractivity contribution in [2.24, 2.45) is 0 Å². The van der Waals surface area contributed by atoms with E-state index in [0.717, 1.165) is 38.9 Å². The van der Waals surface area contributed by atoms with Gasteiger partial charge < -0.3 is 9.64 Å². The van der Waals surface area contributed by atoms with Crippen molar-refractivity contribution in [3.8, 4) is 0 Å². The van der Waals surface area contributed by atoms with Crippen molar-refractivity contribution in [3.05, 3.63) is 77.4 Å². The smallest absolute Gasteiger partial charge is 0.305 e. The summed E-state index contributed by atoms with van der Waals surface area (Å²) in [6.07, 6.45) is 3.56. The third-order valence-electron chi connectivity index (χ3n) is 5.10. The van der Waals surface area contributed by atoms with Gasteiger partial charge in [0.05, 0.1) is 6.61 Å². The monoisotopic (exact) mass is 363 g/mol. The Morgan fingerprint density at radius 3 is 2.00 bits per heavy atom. The lowest BCUT2D eigenvalue weighted by molar-refractivity contribution is -0.143. The van der Waals surface area contributed by atoms with Crippen molar-refractivity contribution in [2.45, 2.75) is 32.6 Å². The van der Waals surface area contributed by atoms with Crippen molar-refractivity contribution in [1.82, 2.24) is 4.90 Å². The number of esters is 1. The number of likely N-dealkylation sites (tertiary alicyclic amines) is 1. The van der Waals surface area contributed by atoms with Crippen molar-refractivity contribution < 1.29 is 9.53 Å². The Morgan fingerprint density at radius 2 is 1.48 bits per heavy atom. The highest BCUT2D eigenvalue weighted by atomic mass is 16.5. The SMILES string of the molecule is CCOC(=O)CCCN1CCC(=C(c2ccccc2)c2ccccc2)CC1. The van der Waals surface area contributed by atoms with E-state index >= 15 is 0 Å². The van der Waals surface area contributed by atoms with Gasteiger partial charge in [-0.3, -0.25) is 4.79 Å². The molecule has 3 nitrogen and oxygen atoms in total. The second kappa shape index (κ2) is 10.1. The Balaban J connectivity index is 1.67. The number of carbonyl (C=O) groups is 1. The molecule has 3 rings (SSSR count). The molecular formula is C24H29NO2. The van der Waals surface area contributed by atoms with Crippen LogP contribution in [0.2, 0.25) is 0 Å². The molecule has 1 saturated heterocycles. The van der Waals surface area contributed by atoms with Gasteiger partial charge in [-0.2, -0.15) is 0 Å².